The van der Waals surface area contributed by atoms with E-state index in [1.54, 1.807) is 24.4 Å². The van der Waals surface area contributed by atoms with Crippen molar-refractivity contribution in [2.75, 3.05) is 31.6 Å². The van der Waals surface area contributed by atoms with Gasteiger partial charge in [0.15, 0.2) is 0 Å². The second-order valence-corrected chi connectivity index (χ2v) is 16.6. The zero-order chi connectivity index (χ0) is 40.2. The number of ether oxygens (including phenoxy) is 2. The molecule has 2 fully saturated rings. The first kappa shape index (κ1) is 39.0. The number of sulfonamides is 1. The van der Waals surface area contributed by atoms with Gasteiger partial charge in [-0.3, -0.25) is 19.8 Å². The molecule has 6 aromatic rings. The van der Waals surface area contributed by atoms with E-state index in [1.807, 2.05) is 36.4 Å². The second-order valence-electron chi connectivity index (χ2n) is 14.6. The number of nitro groups is 1. The van der Waals surface area contributed by atoms with Crippen LogP contribution < -0.4 is 14.8 Å². The summed E-state index contributed by atoms with van der Waals surface area (Å²) in [5.41, 5.74) is 4.21. The van der Waals surface area contributed by atoms with Crippen molar-refractivity contribution in [3.63, 3.8) is 0 Å². The molecule has 2 saturated heterocycles. The highest BCUT2D eigenvalue weighted by Crippen LogP contribution is 2.38. The van der Waals surface area contributed by atoms with Crippen molar-refractivity contribution in [1.82, 2.24) is 19.6 Å². The summed E-state index contributed by atoms with van der Waals surface area (Å²) >= 11 is 6.56. The number of hydrogen-bond acceptors (Lipinski definition) is 10. The molecule has 4 heterocycles. The van der Waals surface area contributed by atoms with Gasteiger partial charge < -0.3 is 19.8 Å². The van der Waals surface area contributed by atoms with Gasteiger partial charge in [-0.1, -0.05) is 60.1 Å². The lowest BCUT2D eigenvalue weighted by atomic mass is 10.0. The van der Waals surface area contributed by atoms with Crippen LogP contribution >= 0.6 is 11.6 Å². The van der Waals surface area contributed by atoms with Gasteiger partial charge in [0, 0.05) is 55.0 Å². The number of benzene rings is 4. The summed E-state index contributed by atoms with van der Waals surface area (Å²) < 4.78 is 40.9. The van der Waals surface area contributed by atoms with E-state index in [2.05, 4.69) is 43.1 Å². The first-order valence-corrected chi connectivity index (χ1v) is 21.0. The van der Waals surface area contributed by atoms with E-state index in [1.165, 1.54) is 24.4 Å². The molecule has 0 bridgehead atoms. The number of pyridine rings is 1. The third-order valence-corrected chi connectivity index (χ3v) is 12.4. The number of likely N-dealkylation sites (tertiary alicyclic amines) is 1. The molecule has 298 valence electrons. The molecule has 58 heavy (non-hydrogen) atoms. The van der Waals surface area contributed by atoms with Crippen molar-refractivity contribution in [2.45, 2.75) is 43.2 Å². The van der Waals surface area contributed by atoms with Gasteiger partial charge in [0.25, 0.3) is 21.6 Å². The van der Waals surface area contributed by atoms with Gasteiger partial charge in [-0.05, 0) is 103 Å². The van der Waals surface area contributed by atoms with E-state index in [4.69, 9.17) is 21.1 Å². The molecular weight excluding hydrogens is 780 g/mol. The summed E-state index contributed by atoms with van der Waals surface area (Å²) in [7, 11) is -4.56. The van der Waals surface area contributed by atoms with E-state index in [-0.39, 0.29) is 29.0 Å². The average molecular weight is 821 g/mol. The summed E-state index contributed by atoms with van der Waals surface area (Å²) in [6, 6.07) is 28.4. The van der Waals surface area contributed by atoms with Crippen molar-refractivity contribution >= 4 is 49.9 Å². The van der Waals surface area contributed by atoms with Crippen LogP contribution in [0.1, 0.15) is 53.2 Å². The smallest absolute Gasteiger partial charge is 0.293 e. The largest absolute Gasteiger partial charge is 0.455 e. The molecule has 15 heteroatoms. The summed E-state index contributed by atoms with van der Waals surface area (Å²) in [4.78, 5) is 34.6. The number of aromatic nitrogens is 2. The number of nitrogens with zero attached hydrogens (tertiary/aromatic N) is 3. The Hall–Kier alpha value is -5.80. The van der Waals surface area contributed by atoms with E-state index in [9.17, 15) is 23.3 Å². The van der Waals surface area contributed by atoms with Crippen LogP contribution in [0, 0.1) is 16.0 Å². The Morgan fingerprint density at radius 2 is 1.78 bits per heavy atom. The number of anilines is 1. The maximum absolute atomic E-state index is 13.8. The molecule has 0 radical (unpaired) electrons. The second kappa shape index (κ2) is 17.0. The Bertz CT molecular complexity index is 2580. The summed E-state index contributed by atoms with van der Waals surface area (Å²) in [5, 5.41) is 16.7. The molecule has 1 amide bonds. The number of nitro benzene ring substituents is 1. The van der Waals surface area contributed by atoms with Gasteiger partial charge in [-0.2, -0.15) is 0 Å². The fourth-order valence-electron chi connectivity index (χ4n) is 7.65. The number of rotatable bonds is 13. The lowest BCUT2D eigenvalue weighted by Gasteiger charge is -2.25. The van der Waals surface area contributed by atoms with Crippen LogP contribution in [0.4, 0.5) is 11.4 Å². The number of carbonyl (C=O) groups is 1. The number of aromatic amines is 1. The van der Waals surface area contributed by atoms with Crippen molar-refractivity contribution in [3.8, 4) is 22.6 Å². The highest BCUT2D eigenvalue weighted by molar-refractivity contribution is 7.90. The highest BCUT2D eigenvalue weighted by atomic mass is 35.5. The zero-order valence-electron chi connectivity index (χ0n) is 31.4. The fraction of sp³-hybridized carbons (Fsp3) is 0.256. The SMILES string of the molecule is O=C(NS(=O)(=O)c1ccc(NCC2CCOCC2)c([N+](=O)[O-])c1)c1ccc(-c2ccc(CN3CCCC3c3ccccc3Cl)cc2)cc1Oc1cnc2[nH]ccc2c1. The number of fused-ring (bicyclic) bond motifs is 1. The number of carbonyl (C=O) groups excluding carboxylic acids is 1. The molecule has 0 saturated carbocycles. The van der Waals surface area contributed by atoms with E-state index < -0.39 is 31.4 Å². The van der Waals surface area contributed by atoms with Gasteiger partial charge in [0.2, 0.25) is 0 Å². The van der Waals surface area contributed by atoms with Crippen LogP contribution in [-0.2, 0) is 21.3 Å². The quantitative estimate of drug-likeness (QED) is 0.0756. The first-order chi connectivity index (χ1) is 28.1. The molecule has 8 rings (SSSR count). The predicted molar refractivity (Wildman–Crippen MR) is 222 cm³/mol. The number of H-pyrrole nitrogens is 1. The van der Waals surface area contributed by atoms with Crippen LogP contribution in [0.15, 0.2) is 114 Å². The van der Waals surface area contributed by atoms with Crippen LogP contribution in [0.3, 0.4) is 0 Å². The monoisotopic (exact) mass is 820 g/mol. The topological polar surface area (TPSA) is 169 Å². The van der Waals surface area contributed by atoms with Gasteiger partial charge >= 0.3 is 0 Å². The van der Waals surface area contributed by atoms with Crippen LogP contribution in [0.25, 0.3) is 22.2 Å². The maximum atomic E-state index is 13.8. The average Bonchev–Trinajstić information content (AvgIpc) is 3.90. The third kappa shape index (κ3) is 8.70. The molecule has 0 aliphatic carbocycles. The summed E-state index contributed by atoms with van der Waals surface area (Å²) in [6.07, 6.45) is 7.02. The van der Waals surface area contributed by atoms with E-state index in [0.29, 0.717) is 31.2 Å². The summed E-state index contributed by atoms with van der Waals surface area (Å²) in [6.45, 7) is 3.45. The Morgan fingerprint density at radius 1 is 0.983 bits per heavy atom. The van der Waals surface area contributed by atoms with Crippen molar-refractivity contribution in [1.29, 1.82) is 0 Å². The highest BCUT2D eigenvalue weighted by Gasteiger charge is 2.28. The molecule has 1 atom stereocenters. The number of halogens is 1. The molecule has 2 aliphatic heterocycles. The minimum atomic E-state index is -4.56. The Morgan fingerprint density at radius 3 is 2.57 bits per heavy atom. The third-order valence-electron chi connectivity index (χ3n) is 10.8. The van der Waals surface area contributed by atoms with Gasteiger partial charge in [0.1, 0.15) is 22.8 Å². The predicted octanol–water partition coefficient (Wildman–Crippen LogP) is 8.88. The van der Waals surface area contributed by atoms with E-state index in [0.717, 1.165) is 77.5 Å². The van der Waals surface area contributed by atoms with Gasteiger partial charge in [-0.25, -0.2) is 18.1 Å². The Labute approximate surface area is 340 Å². The fourth-order valence-corrected chi connectivity index (χ4v) is 8.89. The Balaban J connectivity index is 1.04. The van der Waals surface area contributed by atoms with Crippen molar-refractivity contribution in [2.24, 2.45) is 5.92 Å². The lowest BCUT2D eigenvalue weighted by Crippen LogP contribution is -2.31. The molecule has 2 aromatic heterocycles. The maximum Gasteiger partial charge on any atom is 0.293 e. The molecule has 13 nitrogen and oxygen atoms in total. The van der Waals surface area contributed by atoms with Crippen molar-refractivity contribution in [3.05, 3.63) is 141 Å². The summed E-state index contributed by atoms with van der Waals surface area (Å²) in [5.74, 6) is -0.290. The van der Waals surface area contributed by atoms with Crippen molar-refractivity contribution < 1.29 is 27.6 Å². The zero-order valence-corrected chi connectivity index (χ0v) is 33.0. The number of amides is 1. The molecular formula is C43H41ClN6O7S. The minimum absolute atomic E-state index is 0.0676. The van der Waals surface area contributed by atoms with Crippen LogP contribution in [0.5, 0.6) is 11.5 Å². The van der Waals surface area contributed by atoms with Crippen LogP contribution in [-0.4, -0.2) is 60.4 Å². The van der Waals surface area contributed by atoms with Gasteiger partial charge in [0.05, 0.1) is 21.6 Å². The first-order valence-electron chi connectivity index (χ1n) is 19.1. The Kier molecular flexibility index (Phi) is 11.4. The number of nitrogens with one attached hydrogen (secondary N) is 3. The lowest BCUT2D eigenvalue weighted by molar-refractivity contribution is -0.384. The van der Waals surface area contributed by atoms with Crippen LogP contribution in [0.2, 0.25) is 5.02 Å². The molecule has 3 N–H and O–H groups in total. The van der Waals surface area contributed by atoms with E-state index >= 15 is 0 Å². The molecule has 0 spiro atoms. The molecule has 2 aliphatic rings. The standard InChI is InChI=1S/C43H41ClN6O7S/c44-37-5-2-1-4-35(37)39-6-3-19-49(39)27-29-7-9-30(10-8-29)31-11-13-36(41(23-31)57-33-22-32-15-18-45-42(32)47-26-33)43(51)48-58(54,55)34-12-14-38(40(24-34)50(52)53)46-25-28-16-20-56-21-17-28/h1-2,4-5,7-15,18,22-24,26,28,39,46H,3,6,16-17,19-21,25,27H2,(H,45,47)(H,48,51). The van der Waals surface area contributed by atoms with Gasteiger partial charge in [-0.15, -0.1) is 0 Å². The molecule has 1 unspecified atom stereocenters. The number of hydrogen-bond donors (Lipinski definition) is 3. The molecule has 4 aromatic carbocycles. The normalized spacial score (nSPS) is 16.3. The minimum Gasteiger partial charge on any atom is -0.455 e.